The molecule has 0 fully saturated rings. The predicted molar refractivity (Wildman–Crippen MR) is 84.6 cm³/mol. The lowest BCUT2D eigenvalue weighted by Gasteiger charge is -2.21. The fourth-order valence-electron chi connectivity index (χ4n) is 1.84. The van der Waals surface area contributed by atoms with Gasteiger partial charge in [-0.05, 0) is 39.0 Å². The molecule has 0 radical (unpaired) electrons. The normalized spacial score (nSPS) is 12.6. The number of quaternary nitrogens is 1. The van der Waals surface area contributed by atoms with Crippen LogP contribution in [0.15, 0.2) is 24.3 Å². The summed E-state index contributed by atoms with van der Waals surface area (Å²) in [6, 6.07) is 6.96. The summed E-state index contributed by atoms with van der Waals surface area (Å²) in [5.41, 5.74) is 0.389. The summed E-state index contributed by atoms with van der Waals surface area (Å²) in [5, 5.41) is 6.20. The first-order valence-electron chi connectivity index (χ1n) is 6.83. The Bertz CT molecular complexity index is 512. The highest BCUT2D eigenvalue weighted by Gasteiger charge is 2.18. The van der Waals surface area contributed by atoms with E-state index in [0.29, 0.717) is 10.7 Å². The topological polar surface area (TPSA) is 62.6 Å². The van der Waals surface area contributed by atoms with E-state index in [4.69, 9.17) is 11.6 Å². The first-order valence-corrected chi connectivity index (χ1v) is 7.21. The van der Waals surface area contributed by atoms with Crippen molar-refractivity contribution in [3.63, 3.8) is 0 Å². The van der Waals surface area contributed by atoms with Gasteiger partial charge in [0.05, 0.1) is 7.05 Å². The Labute approximate surface area is 130 Å². The lowest BCUT2D eigenvalue weighted by molar-refractivity contribution is -0.862. The fraction of sp³-hybridized carbons (Fsp3) is 0.467. The van der Waals surface area contributed by atoms with Gasteiger partial charge < -0.3 is 15.5 Å². The molecule has 2 amide bonds. The second-order valence-electron chi connectivity index (χ2n) is 6.17. The van der Waals surface area contributed by atoms with Crippen LogP contribution in [0, 0.1) is 0 Å². The van der Waals surface area contributed by atoms with Crippen molar-refractivity contribution < 1.29 is 14.5 Å². The zero-order valence-electron chi connectivity index (χ0n) is 12.9. The molecule has 0 heterocycles. The molecule has 1 aromatic rings. The minimum atomic E-state index is -0.263. The summed E-state index contributed by atoms with van der Waals surface area (Å²) in [6.07, 6.45) is 0. The molecule has 0 aromatic heterocycles. The molecular weight excluding hydrogens is 290 g/mol. The van der Waals surface area contributed by atoms with Gasteiger partial charge in [0.1, 0.15) is 0 Å². The van der Waals surface area contributed by atoms with Crippen LogP contribution in [0.1, 0.15) is 20.8 Å². The molecule has 1 rings (SSSR count). The van der Waals surface area contributed by atoms with E-state index >= 15 is 0 Å². The molecule has 116 valence electrons. The number of hydrogen-bond donors (Lipinski definition) is 3. The van der Waals surface area contributed by atoms with E-state index in [0.717, 1.165) is 4.90 Å². The van der Waals surface area contributed by atoms with Gasteiger partial charge in [0.25, 0.3) is 11.8 Å². The molecule has 0 saturated heterocycles. The Morgan fingerprint density at radius 1 is 1.19 bits per heavy atom. The number of nitrogens with one attached hydrogen (secondary N) is 3. The van der Waals surface area contributed by atoms with Crippen LogP contribution in [0.3, 0.4) is 0 Å². The third-order valence-electron chi connectivity index (χ3n) is 2.55. The average Bonchev–Trinajstić information content (AvgIpc) is 2.24. The van der Waals surface area contributed by atoms with Crippen LogP contribution in [0.5, 0.6) is 0 Å². The molecular formula is C15H23ClN3O2+. The lowest BCUT2D eigenvalue weighted by Crippen LogP contribution is -3.11. The minimum absolute atomic E-state index is 0.0736. The van der Waals surface area contributed by atoms with Crippen LogP contribution in [0.4, 0.5) is 5.69 Å². The molecule has 6 heteroatoms. The standard InChI is InChI=1S/C15H22ClN3O2/c1-15(2,3)18-14(21)10-19(4)9-13(20)17-12-7-5-6-11(16)8-12/h5-8H,9-10H2,1-4H3,(H,17,20)(H,18,21)/p+1. The number of anilines is 1. The average molecular weight is 313 g/mol. The first-order chi connectivity index (χ1) is 9.65. The summed E-state index contributed by atoms with van der Waals surface area (Å²) >= 11 is 5.85. The Balaban J connectivity index is 2.42. The van der Waals surface area contributed by atoms with Gasteiger partial charge in [-0.15, -0.1) is 0 Å². The highest BCUT2D eigenvalue weighted by Crippen LogP contribution is 2.14. The molecule has 0 spiro atoms. The molecule has 3 N–H and O–H groups in total. The van der Waals surface area contributed by atoms with Crippen molar-refractivity contribution in [2.45, 2.75) is 26.3 Å². The summed E-state index contributed by atoms with van der Waals surface area (Å²) in [6.45, 7) is 6.23. The minimum Gasteiger partial charge on any atom is -0.347 e. The smallest absolute Gasteiger partial charge is 0.279 e. The van der Waals surface area contributed by atoms with Gasteiger partial charge in [0.2, 0.25) is 0 Å². The Kier molecular flexibility index (Phi) is 6.18. The van der Waals surface area contributed by atoms with E-state index in [9.17, 15) is 9.59 Å². The maximum Gasteiger partial charge on any atom is 0.279 e. The molecule has 0 aliphatic carbocycles. The maximum atomic E-state index is 11.9. The first kappa shape index (κ1) is 17.5. The maximum absolute atomic E-state index is 11.9. The third-order valence-corrected chi connectivity index (χ3v) is 2.78. The predicted octanol–water partition coefficient (Wildman–Crippen LogP) is 0.708. The third kappa shape index (κ3) is 7.68. The number of rotatable bonds is 5. The van der Waals surface area contributed by atoms with Gasteiger partial charge in [-0.3, -0.25) is 9.59 Å². The molecule has 1 aromatic carbocycles. The largest absolute Gasteiger partial charge is 0.347 e. The van der Waals surface area contributed by atoms with E-state index < -0.39 is 0 Å². The van der Waals surface area contributed by atoms with Crippen LogP contribution >= 0.6 is 11.6 Å². The number of carbonyl (C=O) groups excluding carboxylic acids is 2. The molecule has 5 nitrogen and oxygen atoms in total. The SMILES string of the molecule is C[NH+](CC(=O)Nc1cccc(Cl)c1)CC(=O)NC(C)(C)C. The van der Waals surface area contributed by atoms with Crippen LogP contribution in [0.2, 0.25) is 5.02 Å². The number of hydrogen-bond acceptors (Lipinski definition) is 2. The number of likely N-dealkylation sites (N-methyl/N-ethyl adjacent to an activating group) is 1. The van der Waals surface area contributed by atoms with Crippen LogP contribution in [-0.2, 0) is 9.59 Å². The van der Waals surface area contributed by atoms with Crippen molar-refractivity contribution in [3.05, 3.63) is 29.3 Å². The number of carbonyl (C=O) groups is 2. The van der Waals surface area contributed by atoms with E-state index in [1.54, 1.807) is 31.3 Å². The molecule has 0 bridgehead atoms. The monoisotopic (exact) mass is 312 g/mol. The number of benzene rings is 1. The lowest BCUT2D eigenvalue weighted by atomic mass is 10.1. The van der Waals surface area contributed by atoms with E-state index in [1.807, 2.05) is 20.8 Å². The summed E-state index contributed by atoms with van der Waals surface area (Å²) in [7, 11) is 1.81. The van der Waals surface area contributed by atoms with Gasteiger partial charge in [0.15, 0.2) is 13.1 Å². The Morgan fingerprint density at radius 3 is 2.38 bits per heavy atom. The van der Waals surface area contributed by atoms with Crippen LogP contribution in [0.25, 0.3) is 0 Å². The van der Waals surface area contributed by atoms with Gasteiger partial charge >= 0.3 is 0 Å². The van der Waals surface area contributed by atoms with Crippen molar-refractivity contribution in [2.24, 2.45) is 0 Å². The molecule has 1 unspecified atom stereocenters. The fourth-order valence-corrected chi connectivity index (χ4v) is 2.03. The zero-order chi connectivity index (χ0) is 16.0. The van der Waals surface area contributed by atoms with Crippen LogP contribution < -0.4 is 15.5 Å². The zero-order valence-corrected chi connectivity index (χ0v) is 13.7. The molecule has 0 aliphatic rings. The van der Waals surface area contributed by atoms with E-state index in [1.165, 1.54) is 0 Å². The van der Waals surface area contributed by atoms with Crippen molar-refractivity contribution >= 4 is 29.1 Å². The van der Waals surface area contributed by atoms with Crippen molar-refractivity contribution in [2.75, 3.05) is 25.5 Å². The van der Waals surface area contributed by atoms with E-state index in [2.05, 4.69) is 10.6 Å². The quantitative estimate of drug-likeness (QED) is 0.750. The molecule has 1 atom stereocenters. The highest BCUT2D eigenvalue weighted by atomic mass is 35.5. The van der Waals surface area contributed by atoms with Crippen LogP contribution in [-0.4, -0.2) is 37.5 Å². The Morgan fingerprint density at radius 2 is 1.81 bits per heavy atom. The van der Waals surface area contributed by atoms with Gasteiger partial charge in [0, 0.05) is 16.2 Å². The summed E-state index contributed by atoms with van der Waals surface area (Å²) in [5.74, 6) is -0.228. The van der Waals surface area contributed by atoms with Crippen molar-refractivity contribution in [1.29, 1.82) is 0 Å². The van der Waals surface area contributed by atoms with Gasteiger partial charge in [-0.2, -0.15) is 0 Å². The van der Waals surface area contributed by atoms with Crippen molar-refractivity contribution in [3.8, 4) is 0 Å². The molecule has 21 heavy (non-hydrogen) atoms. The van der Waals surface area contributed by atoms with Gasteiger partial charge in [-0.1, -0.05) is 17.7 Å². The molecule has 0 saturated carbocycles. The van der Waals surface area contributed by atoms with Crippen molar-refractivity contribution in [1.82, 2.24) is 5.32 Å². The molecule has 0 aliphatic heterocycles. The number of halogens is 1. The summed E-state index contributed by atoms with van der Waals surface area (Å²) < 4.78 is 0. The summed E-state index contributed by atoms with van der Waals surface area (Å²) in [4.78, 5) is 24.5. The highest BCUT2D eigenvalue weighted by molar-refractivity contribution is 6.30. The second kappa shape index (κ2) is 7.43. The second-order valence-corrected chi connectivity index (χ2v) is 6.60. The van der Waals surface area contributed by atoms with Gasteiger partial charge in [-0.25, -0.2) is 0 Å². The number of amides is 2. The van der Waals surface area contributed by atoms with E-state index in [-0.39, 0.29) is 30.4 Å². The Hall–Kier alpha value is -1.59.